The molecule has 1 saturated carbocycles. The summed E-state index contributed by atoms with van der Waals surface area (Å²) in [4.78, 5) is 38.4. The molecule has 8 heteroatoms. The van der Waals surface area contributed by atoms with Gasteiger partial charge in [0.25, 0.3) is 0 Å². The van der Waals surface area contributed by atoms with Crippen LogP contribution < -0.4 is 0 Å². The van der Waals surface area contributed by atoms with Crippen LogP contribution >= 0.6 is 22.6 Å². The molecule has 0 aromatic heterocycles. The lowest BCUT2D eigenvalue weighted by Crippen LogP contribution is -2.72. The summed E-state index contributed by atoms with van der Waals surface area (Å²) in [6.45, 7) is 10.2. The lowest BCUT2D eigenvalue weighted by Gasteiger charge is -2.63. The molecule has 1 saturated heterocycles. The van der Waals surface area contributed by atoms with Crippen LogP contribution in [0.2, 0.25) is 19.6 Å². The van der Waals surface area contributed by atoms with E-state index in [9.17, 15) is 19.5 Å². The summed E-state index contributed by atoms with van der Waals surface area (Å²) in [5, 5.41) is 10.4. The Morgan fingerprint density at radius 2 is 1.97 bits per heavy atom. The van der Waals surface area contributed by atoms with Crippen LogP contribution in [0.1, 0.15) is 26.7 Å². The van der Waals surface area contributed by atoms with Gasteiger partial charge in [0, 0.05) is 14.9 Å². The standard InChI is InChI=1S/C21H29IO6Si/c1-19(9-10-29(4,5)6)8-7-13-20(2,18(26)27-3)12-11-14(22)21(13,28-17(12)25)15(19)16(23)24/h9-13,15H,7-8H2,1-6H3,(H,23,24)/b10-9+/t12-,13+,15+,19-,20+,21+/m0/s1. The van der Waals surface area contributed by atoms with Gasteiger partial charge in [0.1, 0.15) is 5.92 Å². The molecule has 4 aliphatic rings. The van der Waals surface area contributed by atoms with Crippen molar-refractivity contribution in [1.82, 2.24) is 0 Å². The normalized spacial score (nSPS) is 41.6. The third-order valence-electron chi connectivity index (χ3n) is 6.99. The third kappa shape index (κ3) is 3.12. The number of carboxylic acids is 1. The highest BCUT2D eigenvalue weighted by Gasteiger charge is 2.75. The Balaban J connectivity index is 2.24. The first-order chi connectivity index (χ1) is 13.2. The Hall–Kier alpha value is -1.16. The topological polar surface area (TPSA) is 89.9 Å². The van der Waals surface area contributed by atoms with Gasteiger partial charge in [-0.3, -0.25) is 14.4 Å². The van der Waals surface area contributed by atoms with Crippen LogP contribution in [0, 0.1) is 28.6 Å². The maximum absolute atomic E-state index is 12.9. The average Bonchev–Trinajstić information content (AvgIpc) is 2.60. The monoisotopic (exact) mass is 532 g/mol. The number of carbonyl (C=O) groups excluding carboxylic acids is 2. The van der Waals surface area contributed by atoms with Gasteiger partial charge in [-0.05, 0) is 42.4 Å². The fourth-order valence-electron chi connectivity index (χ4n) is 5.52. The van der Waals surface area contributed by atoms with Crippen molar-refractivity contribution < 1.29 is 29.0 Å². The zero-order valence-electron chi connectivity index (χ0n) is 17.7. The first-order valence-corrected chi connectivity index (χ1v) is 14.5. The maximum Gasteiger partial charge on any atom is 0.314 e. The molecule has 2 bridgehead atoms. The van der Waals surface area contributed by atoms with Crippen molar-refractivity contribution in [2.75, 3.05) is 7.11 Å². The smallest absolute Gasteiger partial charge is 0.314 e. The van der Waals surface area contributed by atoms with Crippen molar-refractivity contribution in [1.29, 1.82) is 0 Å². The molecule has 2 heterocycles. The molecule has 2 aliphatic carbocycles. The molecule has 6 nitrogen and oxygen atoms in total. The molecule has 0 aromatic rings. The van der Waals surface area contributed by atoms with Gasteiger partial charge in [0.15, 0.2) is 5.60 Å². The number of allylic oxidation sites excluding steroid dienone is 1. The SMILES string of the molecule is COC(=O)[C@@]1(C)[C@H]2CC[C@@](C)(/C=C/[Si](C)(C)C)[C@@H](C(=O)O)[C@@]23OC(=O)[C@@H]1C=C3I. The van der Waals surface area contributed by atoms with Gasteiger partial charge in [0.05, 0.1) is 26.5 Å². The maximum atomic E-state index is 12.9. The van der Waals surface area contributed by atoms with Crippen LogP contribution in [-0.2, 0) is 23.9 Å². The molecule has 0 aromatic carbocycles. The van der Waals surface area contributed by atoms with Gasteiger partial charge < -0.3 is 14.6 Å². The minimum absolute atomic E-state index is 0.448. The first-order valence-electron chi connectivity index (χ1n) is 9.86. The Kier molecular flexibility index (Phi) is 5.38. The average molecular weight is 532 g/mol. The van der Waals surface area contributed by atoms with Crippen LogP contribution in [0.15, 0.2) is 21.4 Å². The molecule has 160 valence electrons. The summed E-state index contributed by atoms with van der Waals surface area (Å²) in [7, 11) is -0.269. The van der Waals surface area contributed by atoms with Gasteiger partial charge in [-0.25, -0.2) is 0 Å². The number of fused-ring (bicyclic) bond motifs is 1. The summed E-state index contributed by atoms with van der Waals surface area (Å²) in [5.41, 5.74) is -1.05. The first kappa shape index (κ1) is 22.5. The zero-order valence-corrected chi connectivity index (χ0v) is 20.9. The number of esters is 2. The van der Waals surface area contributed by atoms with Gasteiger partial charge in [-0.2, -0.15) is 0 Å². The van der Waals surface area contributed by atoms with Crippen LogP contribution in [0.25, 0.3) is 0 Å². The van der Waals surface area contributed by atoms with Gasteiger partial charge in [0.2, 0.25) is 0 Å². The van der Waals surface area contributed by atoms with Gasteiger partial charge in [-0.15, -0.1) is 0 Å². The van der Waals surface area contributed by atoms with E-state index in [1.807, 2.05) is 13.0 Å². The van der Waals surface area contributed by atoms with Gasteiger partial charge >= 0.3 is 17.9 Å². The second-order valence-electron chi connectivity index (χ2n) is 10.0. The number of hydrogen-bond acceptors (Lipinski definition) is 5. The van der Waals surface area contributed by atoms with E-state index in [1.54, 1.807) is 13.0 Å². The van der Waals surface area contributed by atoms with E-state index in [1.165, 1.54) is 7.11 Å². The van der Waals surface area contributed by atoms with E-state index in [0.29, 0.717) is 16.4 Å². The Morgan fingerprint density at radius 1 is 1.34 bits per heavy atom. The fourth-order valence-corrected chi connectivity index (χ4v) is 7.56. The molecule has 4 rings (SSSR count). The van der Waals surface area contributed by atoms with E-state index < -0.39 is 60.2 Å². The van der Waals surface area contributed by atoms with Crippen molar-refractivity contribution in [3.05, 3.63) is 21.4 Å². The van der Waals surface area contributed by atoms with Crippen molar-refractivity contribution in [3.8, 4) is 0 Å². The number of carboxylic acid groups (broad SMARTS) is 1. The minimum atomic E-state index is -1.58. The molecule has 1 spiro atoms. The second-order valence-corrected chi connectivity index (χ2v) is 16.3. The highest BCUT2D eigenvalue weighted by Crippen LogP contribution is 2.67. The van der Waals surface area contributed by atoms with Crippen LogP contribution in [0.3, 0.4) is 0 Å². The molecule has 0 unspecified atom stereocenters. The van der Waals surface area contributed by atoms with E-state index >= 15 is 0 Å². The zero-order chi connectivity index (χ0) is 22.0. The quantitative estimate of drug-likeness (QED) is 0.335. The fraction of sp³-hybridized carbons (Fsp3) is 0.667. The number of carbonyl (C=O) groups is 3. The summed E-state index contributed by atoms with van der Waals surface area (Å²) in [5.74, 6) is -4.24. The predicted octanol–water partition coefficient (Wildman–Crippen LogP) is 3.96. The molecule has 6 atom stereocenters. The van der Waals surface area contributed by atoms with E-state index in [4.69, 9.17) is 9.47 Å². The summed E-state index contributed by atoms with van der Waals surface area (Å²) < 4.78 is 11.7. The molecular formula is C21H29IO6Si. The molecule has 0 radical (unpaired) electrons. The number of aliphatic carboxylic acids is 1. The minimum Gasteiger partial charge on any atom is -0.481 e. The molecule has 2 aliphatic heterocycles. The number of halogens is 1. The van der Waals surface area contributed by atoms with E-state index in [2.05, 4.69) is 47.9 Å². The van der Waals surface area contributed by atoms with Crippen molar-refractivity contribution in [3.63, 3.8) is 0 Å². The van der Waals surface area contributed by atoms with Crippen LogP contribution in [0.4, 0.5) is 0 Å². The summed E-state index contributed by atoms with van der Waals surface area (Å²) >= 11 is 2.10. The highest BCUT2D eigenvalue weighted by molar-refractivity contribution is 14.1. The van der Waals surface area contributed by atoms with Crippen LogP contribution in [-0.4, -0.2) is 43.8 Å². The van der Waals surface area contributed by atoms with Crippen LogP contribution in [0.5, 0.6) is 0 Å². The Labute approximate surface area is 186 Å². The second kappa shape index (κ2) is 6.93. The van der Waals surface area contributed by atoms with Gasteiger partial charge in [-0.1, -0.05) is 44.4 Å². The number of hydrogen-bond donors (Lipinski definition) is 1. The van der Waals surface area contributed by atoms with Crippen molar-refractivity contribution in [2.45, 2.75) is 51.9 Å². The highest BCUT2D eigenvalue weighted by atomic mass is 127. The lowest BCUT2D eigenvalue weighted by atomic mass is 9.45. The van der Waals surface area contributed by atoms with Crippen molar-refractivity contribution in [2.24, 2.45) is 28.6 Å². The predicted molar refractivity (Wildman–Crippen MR) is 119 cm³/mol. The molecule has 2 fully saturated rings. The molecule has 0 amide bonds. The number of ether oxygens (including phenoxy) is 2. The summed E-state index contributed by atoms with van der Waals surface area (Å²) in [6, 6.07) is 0. The number of rotatable bonds is 4. The number of methoxy groups -OCH3 is 1. The van der Waals surface area contributed by atoms with Crippen molar-refractivity contribution >= 4 is 48.6 Å². The third-order valence-corrected chi connectivity index (χ3v) is 9.36. The van der Waals surface area contributed by atoms with E-state index in [0.717, 1.165) is 0 Å². The Morgan fingerprint density at radius 3 is 2.48 bits per heavy atom. The molecular weight excluding hydrogens is 503 g/mol. The molecule has 29 heavy (non-hydrogen) atoms. The van der Waals surface area contributed by atoms with E-state index in [-0.39, 0.29) is 0 Å². The lowest BCUT2D eigenvalue weighted by molar-refractivity contribution is -0.237. The largest absolute Gasteiger partial charge is 0.481 e. The summed E-state index contributed by atoms with van der Waals surface area (Å²) in [6.07, 6.45) is 4.92. The Bertz CT molecular complexity index is 830. The molecule has 1 N–H and O–H groups in total.